The highest BCUT2D eigenvalue weighted by molar-refractivity contribution is 7.90. The Bertz CT molecular complexity index is 1910. The summed E-state index contributed by atoms with van der Waals surface area (Å²) in [4.78, 5) is 73.9. The fourth-order valence-electron chi connectivity index (χ4n) is 6.71. The number of nitrogens with one attached hydrogen (secondary N) is 1. The van der Waals surface area contributed by atoms with E-state index in [0.717, 1.165) is 5.39 Å². The number of methoxy groups -OCH3 is 1. The Morgan fingerprint density at radius 1 is 1.13 bits per heavy atom. The van der Waals surface area contributed by atoms with Gasteiger partial charge in [-0.1, -0.05) is 12.7 Å². The molecule has 2 saturated carbocycles. The number of ether oxygens (including phenoxy) is 3. The Morgan fingerprint density at radius 3 is 2.44 bits per heavy atom. The molecule has 2 aliphatic carbocycles. The molecule has 0 radical (unpaired) electrons. The van der Waals surface area contributed by atoms with Crippen molar-refractivity contribution in [1.29, 1.82) is 0 Å². The van der Waals surface area contributed by atoms with E-state index in [9.17, 15) is 32.4 Å². The van der Waals surface area contributed by atoms with Crippen LogP contribution in [0.4, 0.5) is 0 Å². The zero-order chi connectivity index (χ0) is 38.2. The zero-order valence-corrected chi connectivity index (χ0v) is 31.1. The van der Waals surface area contributed by atoms with Gasteiger partial charge in [-0.3, -0.25) is 28.7 Å². The lowest BCUT2D eigenvalue weighted by molar-refractivity contribution is -0.159. The SMILES string of the molecule is C=C[C@@H]1C[C@]1(CC(=O)[C@@H]1C[C@@H](Oc2nccc3cc(OC)ccc23)CN1C(=O)[C@@H](CC(=O)OC(C)(C)C)CC(=O)C(=C)C)C(=O)NS(=O)(=O)C1CC1. The van der Waals surface area contributed by atoms with Crippen LogP contribution in [0.1, 0.15) is 72.6 Å². The van der Waals surface area contributed by atoms with Gasteiger partial charge in [0.05, 0.1) is 42.7 Å². The summed E-state index contributed by atoms with van der Waals surface area (Å²) in [6, 6.07) is 6.04. The van der Waals surface area contributed by atoms with Crippen molar-refractivity contribution in [2.75, 3.05) is 13.7 Å². The number of nitrogens with zero attached hydrogens (tertiary/aromatic N) is 2. The Kier molecular flexibility index (Phi) is 11.0. The minimum Gasteiger partial charge on any atom is -0.497 e. The summed E-state index contributed by atoms with van der Waals surface area (Å²) in [6.07, 6.45) is 2.38. The topological polar surface area (TPSA) is 175 Å². The molecule has 2 aromatic rings. The maximum atomic E-state index is 14.4. The molecule has 52 heavy (non-hydrogen) atoms. The average Bonchev–Trinajstić information content (AvgIpc) is 3.99. The van der Waals surface area contributed by atoms with E-state index in [1.54, 1.807) is 52.3 Å². The van der Waals surface area contributed by atoms with Gasteiger partial charge in [0.1, 0.15) is 17.5 Å². The van der Waals surface area contributed by atoms with Gasteiger partial charge >= 0.3 is 5.97 Å². The predicted molar refractivity (Wildman–Crippen MR) is 192 cm³/mol. The summed E-state index contributed by atoms with van der Waals surface area (Å²) in [5.74, 6) is -3.74. The van der Waals surface area contributed by atoms with Crippen LogP contribution >= 0.6 is 0 Å². The highest BCUT2D eigenvalue weighted by Crippen LogP contribution is 2.57. The van der Waals surface area contributed by atoms with Gasteiger partial charge < -0.3 is 19.1 Å². The van der Waals surface area contributed by atoms with Crippen molar-refractivity contribution in [2.24, 2.45) is 17.3 Å². The fourth-order valence-corrected chi connectivity index (χ4v) is 8.10. The highest BCUT2D eigenvalue weighted by atomic mass is 32.2. The van der Waals surface area contributed by atoms with Crippen molar-refractivity contribution in [1.82, 2.24) is 14.6 Å². The first-order valence-corrected chi connectivity index (χ1v) is 18.9. The monoisotopic (exact) mass is 737 g/mol. The molecular formula is C38H47N3O10S. The van der Waals surface area contributed by atoms with Crippen molar-refractivity contribution in [3.05, 3.63) is 55.3 Å². The summed E-state index contributed by atoms with van der Waals surface area (Å²) < 4.78 is 44.8. The summed E-state index contributed by atoms with van der Waals surface area (Å²) in [6.45, 7) is 14.0. The first-order valence-electron chi connectivity index (χ1n) is 17.4. The van der Waals surface area contributed by atoms with Crippen LogP contribution in [0.5, 0.6) is 11.6 Å². The van der Waals surface area contributed by atoms with Crippen LogP contribution in [0.15, 0.2) is 55.3 Å². The van der Waals surface area contributed by atoms with Crippen molar-refractivity contribution in [3.8, 4) is 11.6 Å². The zero-order valence-electron chi connectivity index (χ0n) is 30.3. The summed E-state index contributed by atoms with van der Waals surface area (Å²) in [7, 11) is -2.33. The third kappa shape index (κ3) is 8.71. The number of ketones is 2. The minimum atomic E-state index is -3.89. The molecule has 1 aromatic heterocycles. The normalized spacial score (nSPS) is 23.3. The Balaban J connectivity index is 1.45. The molecule has 14 heteroatoms. The number of carbonyl (C=O) groups is 5. The number of carbonyl (C=O) groups excluding carboxylic acids is 5. The Labute approximate surface area is 304 Å². The second-order valence-corrected chi connectivity index (χ2v) is 17.1. The van der Waals surface area contributed by atoms with Gasteiger partial charge in [0, 0.05) is 30.8 Å². The molecule has 0 bridgehead atoms. The standard InChI is InChI=1S/C38H47N3O10S/c1-8-25-19-38(25,36(46)40-52(47,48)28-10-11-28)20-32(43)30-18-27(50-34-29-12-9-26(49-7)15-23(29)13-14-39-34)21-41(30)35(45)24(16-31(42)22(2)3)17-33(44)51-37(4,5)6/h8-9,12-15,24-25,27-28,30H,1-2,10-11,16-21H2,3-7H3,(H,40,46)/t24-,25-,27-,30+,38-/m1/s1. The molecule has 3 aliphatic rings. The van der Waals surface area contributed by atoms with E-state index in [1.807, 2.05) is 6.07 Å². The number of benzene rings is 1. The summed E-state index contributed by atoms with van der Waals surface area (Å²) in [5.41, 5.74) is -2.00. The van der Waals surface area contributed by atoms with E-state index in [2.05, 4.69) is 22.9 Å². The number of fused-ring (bicyclic) bond motifs is 1. The molecular weight excluding hydrogens is 690 g/mol. The van der Waals surface area contributed by atoms with E-state index >= 15 is 0 Å². The lowest BCUT2D eigenvalue weighted by Crippen LogP contribution is -2.47. The van der Waals surface area contributed by atoms with E-state index in [-0.39, 0.29) is 43.7 Å². The number of allylic oxidation sites excluding steroid dienone is 2. The summed E-state index contributed by atoms with van der Waals surface area (Å²) in [5, 5.41) is 0.820. The highest BCUT2D eigenvalue weighted by Gasteiger charge is 2.61. The predicted octanol–water partition coefficient (Wildman–Crippen LogP) is 4.23. The number of esters is 1. The van der Waals surface area contributed by atoms with Crippen LogP contribution in [-0.2, 0) is 38.7 Å². The number of aromatic nitrogens is 1. The van der Waals surface area contributed by atoms with Gasteiger partial charge in [-0.15, -0.1) is 6.58 Å². The Morgan fingerprint density at radius 2 is 1.85 bits per heavy atom. The maximum Gasteiger partial charge on any atom is 0.307 e. The van der Waals surface area contributed by atoms with Crippen LogP contribution in [0, 0.1) is 17.3 Å². The van der Waals surface area contributed by atoms with Crippen molar-refractivity contribution >= 4 is 50.1 Å². The van der Waals surface area contributed by atoms with Gasteiger partial charge in [0.15, 0.2) is 11.6 Å². The van der Waals surface area contributed by atoms with Crippen LogP contribution in [0.2, 0.25) is 0 Å². The number of pyridine rings is 1. The van der Waals surface area contributed by atoms with Gasteiger partial charge in [-0.25, -0.2) is 13.4 Å². The molecule has 3 fully saturated rings. The van der Waals surface area contributed by atoms with E-state index in [4.69, 9.17) is 14.2 Å². The van der Waals surface area contributed by atoms with E-state index in [0.29, 0.717) is 24.0 Å². The third-order valence-electron chi connectivity index (χ3n) is 9.78. The van der Waals surface area contributed by atoms with Crippen LogP contribution < -0.4 is 14.2 Å². The van der Waals surface area contributed by atoms with Gasteiger partial charge in [0.25, 0.3) is 0 Å². The summed E-state index contributed by atoms with van der Waals surface area (Å²) >= 11 is 0. The van der Waals surface area contributed by atoms with Crippen LogP contribution in [-0.4, -0.2) is 84.3 Å². The fraction of sp³-hybridized carbons (Fsp3) is 0.526. The molecule has 1 saturated heterocycles. The molecule has 2 amide bonds. The molecule has 1 aliphatic heterocycles. The maximum absolute atomic E-state index is 14.4. The molecule has 0 spiro atoms. The average molecular weight is 738 g/mol. The first-order chi connectivity index (χ1) is 24.4. The molecule has 5 atom stereocenters. The Hall–Kier alpha value is -4.59. The second-order valence-electron chi connectivity index (χ2n) is 15.1. The van der Waals surface area contributed by atoms with Gasteiger partial charge in [0.2, 0.25) is 27.7 Å². The molecule has 1 N–H and O–H groups in total. The van der Waals surface area contributed by atoms with Gasteiger partial charge in [-0.2, -0.15) is 0 Å². The number of Topliss-reactive ketones (excluding diaryl/α,β-unsaturated/α-hetero) is 2. The van der Waals surface area contributed by atoms with Crippen LogP contribution in [0.25, 0.3) is 10.8 Å². The quantitative estimate of drug-likeness (QED) is 0.148. The smallest absolute Gasteiger partial charge is 0.307 e. The molecule has 13 nitrogen and oxygen atoms in total. The lowest BCUT2D eigenvalue weighted by atomic mass is 9.90. The molecule has 5 rings (SSSR count). The van der Waals surface area contributed by atoms with Crippen LogP contribution in [0.3, 0.4) is 0 Å². The largest absolute Gasteiger partial charge is 0.497 e. The number of hydrogen-bond donors (Lipinski definition) is 1. The molecule has 1 aromatic carbocycles. The molecule has 2 heterocycles. The van der Waals surface area contributed by atoms with Gasteiger partial charge in [-0.05, 0) is 88.1 Å². The number of sulfonamides is 1. The lowest BCUT2D eigenvalue weighted by Gasteiger charge is -2.29. The number of rotatable bonds is 16. The number of hydrogen-bond acceptors (Lipinski definition) is 11. The molecule has 0 unspecified atom stereocenters. The third-order valence-corrected chi connectivity index (χ3v) is 11.6. The number of likely N-dealkylation sites (tertiary alicyclic amines) is 1. The number of amides is 2. The van der Waals surface area contributed by atoms with Crippen molar-refractivity contribution < 1.29 is 46.6 Å². The second kappa shape index (κ2) is 14.8. The molecule has 280 valence electrons. The van der Waals surface area contributed by atoms with E-state index < -0.39 is 86.0 Å². The van der Waals surface area contributed by atoms with Crippen molar-refractivity contribution in [3.63, 3.8) is 0 Å². The first kappa shape index (κ1) is 38.6. The minimum absolute atomic E-state index is 0.0171. The van der Waals surface area contributed by atoms with Crippen molar-refractivity contribution in [2.45, 2.75) is 95.6 Å². The van der Waals surface area contributed by atoms with E-state index in [1.165, 1.54) is 17.9 Å².